The number of ether oxygens (including phenoxy) is 2. The molecule has 138 valence electrons. The Morgan fingerprint density at radius 1 is 1.19 bits per heavy atom. The third-order valence-corrected chi connectivity index (χ3v) is 4.51. The highest BCUT2D eigenvalue weighted by atomic mass is 35.5. The Labute approximate surface area is 155 Å². The van der Waals surface area contributed by atoms with Crippen LogP contribution in [-0.4, -0.2) is 26.2 Å². The molecule has 2 aromatic rings. The number of rotatable bonds is 5. The van der Waals surface area contributed by atoms with Crippen LogP contribution in [0.25, 0.3) is 0 Å². The number of hydrogen-bond acceptors (Lipinski definition) is 5. The molecule has 0 aromatic heterocycles. The van der Waals surface area contributed by atoms with E-state index in [1.807, 2.05) is 12.1 Å². The summed E-state index contributed by atoms with van der Waals surface area (Å²) in [5, 5.41) is 2.69. The van der Waals surface area contributed by atoms with Crippen LogP contribution >= 0.6 is 11.6 Å². The van der Waals surface area contributed by atoms with E-state index >= 15 is 0 Å². The van der Waals surface area contributed by atoms with E-state index in [9.17, 15) is 9.18 Å². The van der Waals surface area contributed by atoms with Gasteiger partial charge in [0.15, 0.2) is 0 Å². The molecule has 6 nitrogen and oxygen atoms in total. The highest BCUT2D eigenvalue weighted by Crippen LogP contribution is 2.33. The zero-order valence-corrected chi connectivity index (χ0v) is 15.1. The molecule has 0 aliphatic carbocycles. The number of benzene rings is 2. The van der Waals surface area contributed by atoms with E-state index in [2.05, 4.69) is 16.2 Å². The van der Waals surface area contributed by atoms with Crippen LogP contribution in [0.2, 0.25) is 5.02 Å². The first-order valence-electron chi connectivity index (χ1n) is 8.00. The summed E-state index contributed by atoms with van der Waals surface area (Å²) in [7, 11) is 3.18. The molecular weight excluding hydrogens is 361 g/mol. The van der Waals surface area contributed by atoms with Gasteiger partial charge in [-0.1, -0.05) is 17.7 Å². The van der Waals surface area contributed by atoms with E-state index in [1.54, 1.807) is 20.3 Å². The molecule has 0 bridgehead atoms. The highest BCUT2D eigenvalue weighted by Gasteiger charge is 2.31. The topological polar surface area (TPSA) is 71.6 Å². The summed E-state index contributed by atoms with van der Waals surface area (Å²) >= 11 is 5.74. The lowest BCUT2D eigenvalue weighted by atomic mass is 10.0. The van der Waals surface area contributed by atoms with Crippen molar-refractivity contribution in [3.63, 3.8) is 0 Å². The number of amides is 1. The Balaban J connectivity index is 1.68. The first-order chi connectivity index (χ1) is 12.5. The van der Waals surface area contributed by atoms with Gasteiger partial charge in [0.1, 0.15) is 23.4 Å². The molecular formula is C18H19ClFN3O3. The summed E-state index contributed by atoms with van der Waals surface area (Å²) in [6.45, 7) is 0. The molecule has 1 heterocycles. The smallest absolute Gasteiger partial charge is 0.242 e. The van der Waals surface area contributed by atoms with Crippen molar-refractivity contribution in [2.75, 3.05) is 19.5 Å². The monoisotopic (exact) mass is 379 g/mol. The van der Waals surface area contributed by atoms with Gasteiger partial charge in [0.05, 0.1) is 25.3 Å². The summed E-state index contributed by atoms with van der Waals surface area (Å²) in [5.41, 5.74) is 7.44. The van der Waals surface area contributed by atoms with Gasteiger partial charge >= 0.3 is 0 Å². The summed E-state index contributed by atoms with van der Waals surface area (Å²) in [6, 6.07) is 9.02. The van der Waals surface area contributed by atoms with Crippen molar-refractivity contribution in [1.29, 1.82) is 0 Å². The van der Waals surface area contributed by atoms with Gasteiger partial charge in [0.25, 0.3) is 0 Å². The number of methoxy groups -OCH3 is 2. The summed E-state index contributed by atoms with van der Waals surface area (Å²) in [5.74, 6) is 0.598. The normalized spacial score (nSPS) is 19.2. The second kappa shape index (κ2) is 7.90. The molecule has 26 heavy (non-hydrogen) atoms. The van der Waals surface area contributed by atoms with Crippen LogP contribution in [0.15, 0.2) is 36.4 Å². The molecule has 2 atom stereocenters. The largest absolute Gasteiger partial charge is 0.497 e. The third-order valence-electron chi connectivity index (χ3n) is 4.22. The van der Waals surface area contributed by atoms with Gasteiger partial charge in [-0.05, 0) is 30.7 Å². The number of carbonyl (C=O) groups excluding carboxylic acids is 1. The first kappa shape index (κ1) is 18.4. The van der Waals surface area contributed by atoms with Gasteiger partial charge in [-0.2, -0.15) is 0 Å². The average molecular weight is 380 g/mol. The number of halogens is 2. The Kier molecular flexibility index (Phi) is 5.61. The van der Waals surface area contributed by atoms with E-state index in [0.29, 0.717) is 23.6 Å². The predicted molar refractivity (Wildman–Crippen MR) is 97.0 cm³/mol. The Bertz CT molecular complexity index is 818. The van der Waals surface area contributed by atoms with Crippen molar-refractivity contribution in [3.8, 4) is 11.5 Å². The molecule has 1 aliphatic heterocycles. The average Bonchev–Trinajstić information content (AvgIpc) is 3.14. The quantitative estimate of drug-likeness (QED) is 0.744. The minimum atomic E-state index is -0.531. The zero-order valence-electron chi connectivity index (χ0n) is 14.3. The van der Waals surface area contributed by atoms with Crippen LogP contribution in [0.1, 0.15) is 18.0 Å². The molecule has 0 saturated carbocycles. The lowest BCUT2D eigenvalue weighted by molar-refractivity contribution is -0.117. The van der Waals surface area contributed by atoms with Crippen molar-refractivity contribution < 1.29 is 18.7 Å². The summed E-state index contributed by atoms with van der Waals surface area (Å²) in [6.07, 6.45) is 0.517. The molecule has 0 spiro atoms. The maximum absolute atomic E-state index is 13.2. The van der Waals surface area contributed by atoms with Crippen molar-refractivity contribution in [1.82, 2.24) is 10.9 Å². The maximum atomic E-state index is 13.2. The highest BCUT2D eigenvalue weighted by molar-refractivity contribution is 6.31. The Morgan fingerprint density at radius 3 is 2.69 bits per heavy atom. The lowest BCUT2D eigenvalue weighted by Gasteiger charge is -2.15. The fraction of sp³-hybridized carbons (Fsp3) is 0.278. The van der Waals surface area contributed by atoms with E-state index in [4.69, 9.17) is 21.1 Å². The lowest BCUT2D eigenvalue weighted by Crippen LogP contribution is -2.39. The number of hydrogen-bond donors (Lipinski definition) is 3. The molecule has 3 rings (SSSR count). The Morgan fingerprint density at radius 2 is 2.00 bits per heavy atom. The fourth-order valence-electron chi connectivity index (χ4n) is 2.84. The summed E-state index contributed by atoms with van der Waals surface area (Å²) in [4.78, 5) is 12.4. The van der Waals surface area contributed by atoms with E-state index in [1.165, 1.54) is 18.2 Å². The first-order valence-corrected chi connectivity index (χ1v) is 8.38. The van der Waals surface area contributed by atoms with Crippen molar-refractivity contribution in [3.05, 3.63) is 52.8 Å². The molecule has 1 aliphatic rings. The zero-order chi connectivity index (χ0) is 18.7. The van der Waals surface area contributed by atoms with E-state index < -0.39 is 11.9 Å². The molecule has 2 unspecified atom stereocenters. The molecule has 0 radical (unpaired) electrons. The van der Waals surface area contributed by atoms with Crippen LogP contribution in [0.4, 0.5) is 10.1 Å². The predicted octanol–water partition coefficient (Wildman–Crippen LogP) is 3.04. The molecule has 8 heteroatoms. The van der Waals surface area contributed by atoms with Crippen LogP contribution in [-0.2, 0) is 4.79 Å². The number of nitrogens with one attached hydrogen (secondary N) is 3. The standard InChI is InChI=1S/C18H19ClFN3O3/c1-25-11-4-5-12(17(8-11)26-2)15-9-16(23-22-15)18(24)21-10-3-6-14(20)13(19)7-10/h3-8,15-16,22-23H,9H2,1-2H3,(H,21,24). The maximum Gasteiger partial charge on any atom is 0.242 e. The number of hydrazine groups is 1. The number of carbonyl (C=O) groups is 1. The molecule has 1 saturated heterocycles. The molecule has 1 fully saturated rings. The van der Waals surface area contributed by atoms with Gasteiger partial charge in [-0.15, -0.1) is 0 Å². The van der Waals surface area contributed by atoms with Crippen LogP contribution in [0.3, 0.4) is 0 Å². The fourth-order valence-corrected chi connectivity index (χ4v) is 3.02. The molecule has 2 aromatic carbocycles. The van der Waals surface area contributed by atoms with Gasteiger partial charge < -0.3 is 14.8 Å². The molecule has 1 amide bonds. The third kappa shape index (κ3) is 3.90. The van der Waals surface area contributed by atoms with Gasteiger partial charge in [0, 0.05) is 17.3 Å². The SMILES string of the molecule is COc1ccc(C2CC(C(=O)Nc3ccc(F)c(Cl)c3)NN2)c(OC)c1. The Hall–Kier alpha value is -2.35. The van der Waals surface area contributed by atoms with Gasteiger partial charge in [-0.25, -0.2) is 15.2 Å². The van der Waals surface area contributed by atoms with Crippen LogP contribution in [0, 0.1) is 5.82 Å². The second-order valence-corrected chi connectivity index (χ2v) is 6.26. The summed E-state index contributed by atoms with van der Waals surface area (Å²) < 4.78 is 23.8. The van der Waals surface area contributed by atoms with E-state index in [-0.39, 0.29) is 17.0 Å². The van der Waals surface area contributed by atoms with E-state index in [0.717, 1.165) is 5.56 Å². The van der Waals surface area contributed by atoms with Gasteiger partial charge in [0.2, 0.25) is 5.91 Å². The van der Waals surface area contributed by atoms with Gasteiger partial charge in [-0.3, -0.25) is 4.79 Å². The van der Waals surface area contributed by atoms with Crippen LogP contribution < -0.4 is 25.6 Å². The van der Waals surface area contributed by atoms with Crippen LogP contribution in [0.5, 0.6) is 11.5 Å². The minimum absolute atomic E-state index is 0.0406. The van der Waals surface area contributed by atoms with Crippen molar-refractivity contribution in [2.45, 2.75) is 18.5 Å². The number of anilines is 1. The second-order valence-electron chi connectivity index (χ2n) is 5.86. The minimum Gasteiger partial charge on any atom is -0.497 e. The van der Waals surface area contributed by atoms with Crippen molar-refractivity contribution in [2.24, 2.45) is 0 Å². The van der Waals surface area contributed by atoms with Crippen molar-refractivity contribution >= 4 is 23.2 Å². The molecule has 3 N–H and O–H groups in total.